The number of H-pyrrole nitrogens is 1. The third kappa shape index (κ3) is 3.59. The fourth-order valence-electron chi connectivity index (χ4n) is 3.12. The highest BCUT2D eigenvalue weighted by Crippen LogP contribution is 2.32. The van der Waals surface area contributed by atoms with Gasteiger partial charge in [-0.3, -0.25) is 9.89 Å². The predicted octanol–water partition coefficient (Wildman–Crippen LogP) is 2.62. The Hall–Kier alpha value is -2.34. The summed E-state index contributed by atoms with van der Waals surface area (Å²) in [6.45, 7) is 3.27. The molecule has 1 amide bonds. The Labute approximate surface area is 141 Å². The number of hydrogen-bond donors (Lipinski definition) is 2. The number of aromatic nitrogens is 2. The molecule has 3 rings (SSSR count). The fourth-order valence-corrected chi connectivity index (χ4v) is 3.12. The van der Waals surface area contributed by atoms with Crippen molar-refractivity contribution in [2.75, 3.05) is 20.3 Å². The monoisotopic (exact) mass is 329 g/mol. The standard InChI is InChI=1S/C18H23N3O3/c1-12-5-6-13(8-16(12)23-2)18(22)19-9-14-4-3-7-24-17(14)15-10-20-21-11-15/h5-6,8,10-11,14,17H,3-4,7,9H2,1-2H3,(H,19,22)(H,20,21)/t14-,17+/m0/s1. The lowest BCUT2D eigenvalue weighted by molar-refractivity contribution is -0.0272. The summed E-state index contributed by atoms with van der Waals surface area (Å²) in [5.74, 6) is 0.873. The lowest BCUT2D eigenvalue weighted by atomic mass is 9.91. The van der Waals surface area contributed by atoms with E-state index in [1.807, 2.05) is 25.3 Å². The summed E-state index contributed by atoms with van der Waals surface area (Å²) in [6, 6.07) is 5.49. The number of amides is 1. The number of benzene rings is 1. The normalized spacial score (nSPS) is 20.6. The van der Waals surface area contributed by atoms with E-state index in [9.17, 15) is 4.79 Å². The minimum atomic E-state index is -0.0928. The van der Waals surface area contributed by atoms with Gasteiger partial charge in [0.25, 0.3) is 5.91 Å². The highest BCUT2D eigenvalue weighted by molar-refractivity contribution is 5.94. The van der Waals surface area contributed by atoms with Crippen molar-refractivity contribution in [2.45, 2.75) is 25.9 Å². The molecule has 1 aromatic heterocycles. The van der Waals surface area contributed by atoms with E-state index in [0.717, 1.165) is 36.3 Å². The molecule has 2 atom stereocenters. The van der Waals surface area contributed by atoms with Crippen molar-refractivity contribution in [3.05, 3.63) is 47.3 Å². The summed E-state index contributed by atoms with van der Waals surface area (Å²) in [5.41, 5.74) is 2.65. The Bertz CT molecular complexity index is 685. The van der Waals surface area contributed by atoms with Crippen LogP contribution in [0.2, 0.25) is 0 Å². The summed E-state index contributed by atoms with van der Waals surface area (Å²) in [5, 5.41) is 9.85. The van der Waals surface area contributed by atoms with Crippen LogP contribution >= 0.6 is 0 Å². The van der Waals surface area contributed by atoms with E-state index in [1.54, 1.807) is 19.4 Å². The molecule has 1 saturated heterocycles. The smallest absolute Gasteiger partial charge is 0.251 e. The number of hydrogen-bond acceptors (Lipinski definition) is 4. The third-order valence-electron chi connectivity index (χ3n) is 4.49. The van der Waals surface area contributed by atoms with Crippen molar-refractivity contribution in [3.63, 3.8) is 0 Å². The summed E-state index contributed by atoms with van der Waals surface area (Å²) >= 11 is 0. The molecular weight excluding hydrogens is 306 g/mol. The fraction of sp³-hybridized carbons (Fsp3) is 0.444. The van der Waals surface area contributed by atoms with Crippen LogP contribution in [0, 0.1) is 12.8 Å². The molecule has 0 unspecified atom stereocenters. The molecule has 2 aromatic rings. The Morgan fingerprint density at radius 3 is 3.12 bits per heavy atom. The minimum absolute atomic E-state index is 0.0228. The van der Waals surface area contributed by atoms with Crippen LogP contribution in [-0.4, -0.2) is 36.4 Å². The van der Waals surface area contributed by atoms with E-state index in [-0.39, 0.29) is 17.9 Å². The van der Waals surface area contributed by atoms with Gasteiger partial charge in [0, 0.05) is 36.4 Å². The Kier molecular flexibility index (Phi) is 5.15. The van der Waals surface area contributed by atoms with Crippen LogP contribution < -0.4 is 10.1 Å². The second kappa shape index (κ2) is 7.49. The summed E-state index contributed by atoms with van der Waals surface area (Å²) < 4.78 is 11.2. The molecule has 2 N–H and O–H groups in total. The summed E-state index contributed by atoms with van der Waals surface area (Å²) in [7, 11) is 1.61. The number of nitrogens with zero attached hydrogens (tertiary/aromatic N) is 1. The number of ether oxygens (including phenoxy) is 2. The molecule has 0 bridgehead atoms. The zero-order valence-corrected chi connectivity index (χ0v) is 14.0. The number of nitrogens with one attached hydrogen (secondary N) is 2. The first kappa shape index (κ1) is 16.5. The molecule has 6 heteroatoms. The van der Waals surface area contributed by atoms with Crippen molar-refractivity contribution in [2.24, 2.45) is 5.92 Å². The maximum absolute atomic E-state index is 12.4. The van der Waals surface area contributed by atoms with Crippen LogP contribution in [0.15, 0.2) is 30.6 Å². The number of aryl methyl sites for hydroxylation is 1. The highest BCUT2D eigenvalue weighted by Gasteiger charge is 2.28. The maximum atomic E-state index is 12.4. The van der Waals surface area contributed by atoms with Crippen LogP contribution in [0.25, 0.3) is 0 Å². The van der Waals surface area contributed by atoms with E-state index in [0.29, 0.717) is 12.1 Å². The van der Waals surface area contributed by atoms with Gasteiger partial charge in [0.2, 0.25) is 0 Å². The molecule has 0 saturated carbocycles. The Morgan fingerprint density at radius 2 is 2.38 bits per heavy atom. The Morgan fingerprint density at radius 1 is 1.50 bits per heavy atom. The van der Waals surface area contributed by atoms with E-state index in [2.05, 4.69) is 15.5 Å². The molecule has 1 aliphatic heterocycles. The van der Waals surface area contributed by atoms with Crippen molar-refractivity contribution in [1.29, 1.82) is 0 Å². The van der Waals surface area contributed by atoms with Crippen molar-refractivity contribution in [1.82, 2.24) is 15.5 Å². The van der Waals surface area contributed by atoms with Gasteiger partial charge in [-0.15, -0.1) is 0 Å². The van der Waals surface area contributed by atoms with Gasteiger partial charge in [-0.2, -0.15) is 5.10 Å². The first-order valence-electron chi connectivity index (χ1n) is 8.22. The number of aromatic amines is 1. The van der Waals surface area contributed by atoms with Crippen molar-refractivity contribution < 1.29 is 14.3 Å². The summed E-state index contributed by atoms with van der Waals surface area (Å²) in [6.07, 6.45) is 5.65. The highest BCUT2D eigenvalue weighted by atomic mass is 16.5. The molecule has 1 aliphatic rings. The molecule has 24 heavy (non-hydrogen) atoms. The lowest BCUT2D eigenvalue weighted by Gasteiger charge is -2.31. The SMILES string of the molecule is COc1cc(C(=O)NC[C@@H]2CCCO[C@H]2c2cn[nH]c2)ccc1C. The average Bonchev–Trinajstić information content (AvgIpc) is 3.15. The molecule has 2 heterocycles. The van der Waals surface area contributed by atoms with Gasteiger partial charge < -0.3 is 14.8 Å². The topological polar surface area (TPSA) is 76.2 Å². The molecular formula is C18H23N3O3. The van der Waals surface area contributed by atoms with E-state index >= 15 is 0 Å². The Balaban J connectivity index is 1.64. The molecule has 1 fully saturated rings. The second-order valence-corrected chi connectivity index (χ2v) is 6.12. The minimum Gasteiger partial charge on any atom is -0.496 e. The van der Waals surface area contributed by atoms with Crippen LogP contribution in [-0.2, 0) is 4.74 Å². The van der Waals surface area contributed by atoms with Gasteiger partial charge in [0.15, 0.2) is 0 Å². The van der Waals surface area contributed by atoms with Gasteiger partial charge in [-0.05, 0) is 37.5 Å². The lowest BCUT2D eigenvalue weighted by Crippen LogP contribution is -2.35. The molecule has 1 aromatic carbocycles. The van der Waals surface area contributed by atoms with Gasteiger partial charge >= 0.3 is 0 Å². The zero-order chi connectivity index (χ0) is 16.9. The number of methoxy groups -OCH3 is 1. The van der Waals surface area contributed by atoms with Crippen molar-refractivity contribution >= 4 is 5.91 Å². The second-order valence-electron chi connectivity index (χ2n) is 6.12. The van der Waals surface area contributed by atoms with E-state index < -0.39 is 0 Å². The van der Waals surface area contributed by atoms with Crippen LogP contribution in [0.1, 0.15) is 40.4 Å². The molecule has 0 radical (unpaired) electrons. The molecule has 6 nitrogen and oxygen atoms in total. The van der Waals surface area contributed by atoms with Gasteiger partial charge in [-0.1, -0.05) is 6.07 Å². The van der Waals surface area contributed by atoms with E-state index in [4.69, 9.17) is 9.47 Å². The van der Waals surface area contributed by atoms with Crippen LogP contribution in [0.3, 0.4) is 0 Å². The summed E-state index contributed by atoms with van der Waals surface area (Å²) in [4.78, 5) is 12.4. The zero-order valence-electron chi connectivity index (χ0n) is 14.0. The first-order chi connectivity index (χ1) is 11.7. The van der Waals surface area contributed by atoms with Crippen molar-refractivity contribution in [3.8, 4) is 5.75 Å². The third-order valence-corrected chi connectivity index (χ3v) is 4.49. The maximum Gasteiger partial charge on any atom is 0.251 e. The number of carbonyl (C=O) groups excluding carboxylic acids is 1. The molecule has 128 valence electrons. The quantitative estimate of drug-likeness (QED) is 0.884. The molecule has 0 aliphatic carbocycles. The van der Waals surface area contributed by atoms with Crippen LogP contribution in [0.5, 0.6) is 5.75 Å². The number of carbonyl (C=O) groups is 1. The van der Waals surface area contributed by atoms with E-state index in [1.165, 1.54) is 0 Å². The average molecular weight is 329 g/mol. The predicted molar refractivity (Wildman–Crippen MR) is 90.1 cm³/mol. The van der Waals surface area contributed by atoms with Gasteiger partial charge in [0.05, 0.1) is 19.4 Å². The first-order valence-corrected chi connectivity index (χ1v) is 8.22. The number of rotatable bonds is 5. The van der Waals surface area contributed by atoms with Gasteiger partial charge in [0.1, 0.15) is 5.75 Å². The largest absolute Gasteiger partial charge is 0.496 e. The molecule has 0 spiro atoms. The van der Waals surface area contributed by atoms with Crippen LogP contribution in [0.4, 0.5) is 0 Å². The van der Waals surface area contributed by atoms with Gasteiger partial charge in [-0.25, -0.2) is 0 Å².